The maximum Gasteiger partial charge on any atom is 0.305 e. The summed E-state index contributed by atoms with van der Waals surface area (Å²) in [6.45, 7) is 1.85. The summed E-state index contributed by atoms with van der Waals surface area (Å²) in [5.41, 5.74) is 6.48. The summed E-state index contributed by atoms with van der Waals surface area (Å²) in [6.07, 6.45) is -0.0400. The fraction of sp³-hybridized carbons (Fsp3) is 0.429. The second-order valence-electron chi connectivity index (χ2n) is 2.58. The van der Waals surface area contributed by atoms with Gasteiger partial charge in [0.2, 0.25) is 0 Å². The fourth-order valence-corrected chi connectivity index (χ4v) is 1.59. The Bertz CT molecular complexity index is 285. The lowest BCUT2D eigenvalue weighted by Gasteiger charge is -2.03. The van der Waals surface area contributed by atoms with Crippen LogP contribution in [0.4, 0.5) is 0 Å². The van der Waals surface area contributed by atoms with Crippen LogP contribution in [0.2, 0.25) is 0 Å². The predicted molar refractivity (Wildman–Crippen MR) is 46.0 cm³/mol. The molecule has 0 unspecified atom stereocenters. The number of aryl methyl sites for hydroxylation is 1. The van der Waals surface area contributed by atoms with Crippen molar-refractivity contribution in [3.8, 4) is 0 Å². The first-order chi connectivity index (χ1) is 5.59. The summed E-state index contributed by atoms with van der Waals surface area (Å²) in [5, 5.41) is 8.46. The van der Waals surface area contributed by atoms with Crippen molar-refractivity contribution in [2.75, 3.05) is 0 Å². The SMILES string of the molecule is Cc1cc([C@@H](N)CC(=O)O)sn1. The van der Waals surface area contributed by atoms with Crippen molar-refractivity contribution in [1.29, 1.82) is 0 Å². The van der Waals surface area contributed by atoms with Gasteiger partial charge in [0.15, 0.2) is 0 Å². The highest BCUT2D eigenvalue weighted by Gasteiger charge is 2.12. The van der Waals surface area contributed by atoms with Crippen LogP contribution < -0.4 is 5.73 Å². The monoisotopic (exact) mass is 186 g/mol. The molecule has 66 valence electrons. The lowest BCUT2D eigenvalue weighted by molar-refractivity contribution is -0.137. The Balaban J connectivity index is 2.64. The molecule has 0 radical (unpaired) electrons. The number of carboxylic acid groups (broad SMARTS) is 1. The Labute approximate surface area is 74.2 Å². The fourth-order valence-electron chi connectivity index (χ4n) is 0.847. The molecule has 0 bridgehead atoms. The molecule has 1 aromatic heterocycles. The molecular formula is C7H10N2O2S. The quantitative estimate of drug-likeness (QED) is 0.736. The molecule has 0 fully saturated rings. The van der Waals surface area contributed by atoms with Gasteiger partial charge in [0.25, 0.3) is 0 Å². The average molecular weight is 186 g/mol. The molecule has 0 saturated carbocycles. The Morgan fingerprint density at radius 3 is 3.00 bits per heavy atom. The molecule has 1 atom stereocenters. The lowest BCUT2D eigenvalue weighted by atomic mass is 10.2. The van der Waals surface area contributed by atoms with Crippen molar-refractivity contribution in [3.63, 3.8) is 0 Å². The Kier molecular flexibility index (Phi) is 2.78. The molecule has 1 aromatic rings. The molecule has 0 aliphatic rings. The number of rotatable bonds is 3. The number of hydrogen-bond donors (Lipinski definition) is 2. The smallest absolute Gasteiger partial charge is 0.305 e. The first-order valence-corrected chi connectivity index (χ1v) is 4.27. The standard InChI is InChI=1S/C7H10N2O2S/c1-4-2-6(12-9-4)5(8)3-7(10)11/h2,5H,3,8H2,1H3,(H,10,11)/t5-/m0/s1. The molecule has 1 rings (SSSR count). The molecule has 1 heterocycles. The average Bonchev–Trinajstić information content (AvgIpc) is 2.34. The van der Waals surface area contributed by atoms with Gasteiger partial charge in [-0.1, -0.05) is 0 Å². The summed E-state index contributed by atoms with van der Waals surface area (Å²) in [5.74, 6) is -0.881. The lowest BCUT2D eigenvalue weighted by Crippen LogP contribution is -2.13. The van der Waals surface area contributed by atoms with E-state index in [-0.39, 0.29) is 6.42 Å². The third-order valence-corrected chi connectivity index (χ3v) is 2.42. The van der Waals surface area contributed by atoms with Crippen LogP contribution in [0.1, 0.15) is 23.0 Å². The van der Waals surface area contributed by atoms with E-state index in [1.54, 1.807) is 0 Å². The highest BCUT2D eigenvalue weighted by molar-refractivity contribution is 7.05. The van der Waals surface area contributed by atoms with Gasteiger partial charge in [-0.15, -0.1) is 0 Å². The van der Waals surface area contributed by atoms with Crippen LogP contribution in [0.3, 0.4) is 0 Å². The third kappa shape index (κ3) is 2.28. The van der Waals surface area contributed by atoms with Gasteiger partial charge >= 0.3 is 5.97 Å². The van der Waals surface area contributed by atoms with Crippen LogP contribution >= 0.6 is 11.5 Å². The van der Waals surface area contributed by atoms with Crippen LogP contribution in [-0.2, 0) is 4.79 Å². The van der Waals surface area contributed by atoms with E-state index in [9.17, 15) is 4.79 Å². The molecule has 4 nitrogen and oxygen atoms in total. The summed E-state index contributed by atoms with van der Waals surface area (Å²) in [7, 11) is 0. The minimum absolute atomic E-state index is 0.0400. The second-order valence-corrected chi connectivity index (χ2v) is 3.41. The van der Waals surface area contributed by atoms with E-state index in [0.29, 0.717) is 0 Å². The number of nitrogens with zero attached hydrogens (tertiary/aromatic N) is 1. The zero-order valence-corrected chi connectivity index (χ0v) is 7.47. The first kappa shape index (κ1) is 9.15. The Morgan fingerprint density at radius 1 is 1.92 bits per heavy atom. The number of hydrogen-bond acceptors (Lipinski definition) is 4. The van der Waals surface area contributed by atoms with E-state index < -0.39 is 12.0 Å². The molecule has 5 heteroatoms. The minimum Gasteiger partial charge on any atom is -0.481 e. The Morgan fingerprint density at radius 2 is 2.58 bits per heavy atom. The van der Waals surface area contributed by atoms with Crippen LogP contribution in [-0.4, -0.2) is 15.4 Å². The van der Waals surface area contributed by atoms with Gasteiger partial charge in [-0.25, -0.2) is 0 Å². The molecular weight excluding hydrogens is 176 g/mol. The van der Waals surface area contributed by atoms with E-state index in [0.717, 1.165) is 10.6 Å². The van der Waals surface area contributed by atoms with Crippen LogP contribution in [0.15, 0.2) is 6.07 Å². The van der Waals surface area contributed by atoms with Gasteiger partial charge in [-0.2, -0.15) is 4.37 Å². The summed E-state index contributed by atoms with van der Waals surface area (Å²) >= 11 is 1.26. The molecule has 3 N–H and O–H groups in total. The number of carboxylic acids is 1. The summed E-state index contributed by atoms with van der Waals surface area (Å²) in [6, 6.07) is 1.40. The maximum absolute atomic E-state index is 10.3. The highest BCUT2D eigenvalue weighted by Crippen LogP contribution is 2.19. The number of aliphatic carboxylic acids is 1. The van der Waals surface area contributed by atoms with Crippen LogP contribution in [0, 0.1) is 6.92 Å². The molecule has 0 saturated heterocycles. The van der Waals surface area contributed by atoms with E-state index in [1.807, 2.05) is 13.0 Å². The van der Waals surface area contributed by atoms with E-state index >= 15 is 0 Å². The van der Waals surface area contributed by atoms with E-state index in [1.165, 1.54) is 11.5 Å². The third-order valence-electron chi connectivity index (χ3n) is 1.41. The molecule has 0 aromatic carbocycles. The van der Waals surface area contributed by atoms with Gasteiger partial charge in [0.05, 0.1) is 18.2 Å². The van der Waals surface area contributed by atoms with Gasteiger partial charge < -0.3 is 10.8 Å². The van der Waals surface area contributed by atoms with Crippen LogP contribution in [0.25, 0.3) is 0 Å². The van der Waals surface area contributed by atoms with Crippen LogP contribution in [0.5, 0.6) is 0 Å². The number of nitrogens with two attached hydrogens (primary N) is 1. The normalized spacial score (nSPS) is 12.8. The molecule has 12 heavy (non-hydrogen) atoms. The van der Waals surface area contributed by atoms with Gasteiger partial charge in [0, 0.05) is 4.88 Å². The molecule has 0 aliphatic carbocycles. The number of carbonyl (C=O) groups is 1. The van der Waals surface area contributed by atoms with Crippen molar-refractivity contribution in [1.82, 2.24) is 4.37 Å². The van der Waals surface area contributed by atoms with E-state index in [2.05, 4.69) is 4.37 Å². The van der Waals surface area contributed by atoms with Gasteiger partial charge in [0.1, 0.15) is 0 Å². The van der Waals surface area contributed by atoms with Gasteiger partial charge in [-0.05, 0) is 24.5 Å². The molecule has 0 spiro atoms. The predicted octanol–water partition coefficient (Wildman–Crippen LogP) is 0.926. The minimum atomic E-state index is -0.881. The Hall–Kier alpha value is -0.940. The molecule has 0 aliphatic heterocycles. The second kappa shape index (κ2) is 3.64. The highest BCUT2D eigenvalue weighted by atomic mass is 32.1. The zero-order valence-electron chi connectivity index (χ0n) is 6.65. The molecule has 0 amide bonds. The summed E-state index contributed by atoms with van der Waals surface area (Å²) in [4.78, 5) is 11.1. The van der Waals surface area contributed by atoms with Crippen molar-refractivity contribution >= 4 is 17.5 Å². The van der Waals surface area contributed by atoms with Crippen molar-refractivity contribution < 1.29 is 9.90 Å². The summed E-state index contributed by atoms with van der Waals surface area (Å²) < 4.78 is 4.01. The van der Waals surface area contributed by atoms with Crippen molar-refractivity contribution in [2.45, 2.75) is 19.4 Å². The van der Waals surface area contributed by atoms with Crippen molar-refractivity contribution in [3.05, 3.63) is 16.6 Å². The maximum atomic E-state index is 10.3. The van der Waals surface area contributed by atoms with Crippen molar-refractivity contribution in [2.24, 2.45) is 5.73 Å². The topological polar surface area (TPSA) is 76.2 Å². The first-order valence-electron chi connectivity index (χ1n) is 3.50. The zero-order chi connectivity index (χ0) is 9.14. The van der Waals surface area contributed by atoms with Gasteiger partial charge in [-0.3, -0.25) is 4.79 Å². The number of aromatic nitrogens is 1. The van der Waals surface area contributed by atoms with E-state index in [4.69, 9.17) is 10.8 Å². The largest absolute Gasteiger partial charge is 0.481 e.